The molecule has 1 heterocycles. The van der Waals surface area contributed by atoms with Gasteiger partial charge in [-0.25, -0.2) is 0 Å². The van der Waals surface area contributed by atoms with Crippen molar-refractivity contribution in [2.45, 2.75) is 65.8 Å². The van der Waals surface area contributed by atoms with E-state index in [9.17, 15) is 0 Å². The second-order valence-electron chi connectivity index (χ2n) is 3.29. The van der Waals surface area contributed by atoms with Crippen LogP contribution >= 0.6 is 0 Å². The van der Waals surface area contributed by atoms with Crippen LogP contribution < -0.4 is 5.32 Å². The molecule has 0 saturated carbocycles. The third kappa shape index (κ3) is 3.11. The van der Waals surface area contributed by atoms with Crippen LogP contribution in [0.15, 0.2) is 0 Å². The van der Waals surface area contributed by atoms with Gasteiger partial charge in [-0.2, -0.15) is 0 Å². The van der Waals surface area contributed by atoms with Gasteiger partial charge >= 0.3 is 0 Å². The van der Waals surface area contributed by atoms with E-state index >= 15 is 0 Å². The van der Waals surface area contributed by atoms with Crippen molar-refractivity contribution in [3.63, 3.8) is 0 Å². The highest BCUT2D eigenvalue weighted by Gasteiger charge is 2.26. The minimum Gasteiger partial charge on any atom is -0.372 e. The smallest absolute Gasteiger partial charge is 0.0701 e. The zero-order chi connectivity index (χ0) is 9.72. The van der Waals surface area contributed by atoms with Crippen molar-refractivity contribution in [2.24, 2.45) is 0 Å². The van der Waals surface area contributed by atoms with Crippen molar-refractivity contribution in [2.75, 3.05) is 0 Å². The van der Waals surface area contributed by atoms with Crippen LogP contribution in [0.4, 0.5) is 0 Å². The normalized spacial score (nSPS) is 41.5. The molecule has 0 amide bonds. The van der Waals surface area contributed by atoms with Crippen LogP contribution in [0.5, 0.6) is 0 Å². The van der Waals surface area contributed by atoms with Crippen LogP contribution in [0.25, 0.3) is 0 Å². The van der Waals surface area contributed by atoms with Gasteiger partial charge in [0.1, 0.15) is 0 Å². The first-order chi connectivity index (χ1) is 5.61. The number of rotatable bonds is 0. The highest BCUT2D eigenvalue weighted by Crippen LogP contribution is 2.12. The highest BCUT2D eigenvalue weighted by molar-refractivity contribution is 4.82. The van der Waals surface area contributed by atoms with E-state index in [0.29, 0.717) is 24.3 Å². The monoisotopic (exact) mass is 173 g/mol. The standard InChI is InChI=1S/C8H17NO.C2H6/c1-5-7(3)10-8(4)6(2)9-5;1-2/h5-9H,1-4H3;1-2H3. The summed E-state index contributed by atoms with van der Waals surface area (Å²) in [6, 6.07) is 0.984. The van der Waals surface area contributed by atoms with E-state index in [1.807, 2.05) is 13.8 Å². The van der Waals surface area contributed by atoms with Crippen molar-refractivity contribution >= 4 is 0 Å². The Balaban J connectivity index is 0.000000561. The summed E-state index contributed by atoms with van der Waals surface area (Å²) in [5.41, 5.74) is 0. The van der Waals surface area contributed by atoms with Crippen molar-refractivity contribution in [3.8, 4) is 0 Å². The molecule has 4 unspecified atom stereocenters. The van der Waals surface area contributed by atoms with Crippen LogP contribution in [0.1, 0.15) is 41.5 Å². The quantitative estimate of drug-likeness (QED) is 0.606. The lowest BCUT2D eigenvalue weighted by Crippen LogP contribution is -2.54. The fourth-order valence-electron chi connectivity index (χ4n) is 1.26. The number of hydrogen-bond acceptors (Lipinski definition) is 2. The molecule has 1 N–H and O–H groups in total. The van der Waals surface area contributed by atoms with Crippen LogP contribution in [-0.4, -0.2) is 24.3 Å². The van der Waals surface area contributed by atoms with E-state index < -0.39 is 0 Å². The van der Waals surface area contributed by atoms with Gasteiger partial charge < -0.3 is 10.1 Å². The second-order valence-corrected chi connectivity index (χ2v) is 3.29. The summed E-state index contributed by atoms with van der Waals surface area (Å²) in [6.45, 7) is 12.5. The fraction of sp³-hybridized carbons (Fsp3) is 1.00. The van der Waals surface area contributed by atoms with E-state index in [1.54, 1.807) is 0 Å². The third-order valence-corrected chi connectivity index (χ3v) is 2.36. The zero-order valence-corrected chi connectivity index (χ0v) is 9.22. The van der Waals surface area contributed by atoms with Gasteiger partial charge in [0, 0.05) is 12.1 Å². The molecule has 2 heteroatoms. The van der Waals surface area contributed by atoms with Crippen molar-refractivity contribution in [3.05, 3.63) is 0 Å². The molecular weight excluding hydrogens is 150 g/mol. The van der Waals surface area contributed by atoms with Gasteiger partial charge in [0.15, 0.2) is 0 Å². The highest BCUT2D eigenvalue weighted by atomic mass is 16.5. The Bertz CT molecular complexity index is 90.4. The largest absolute Gasteiger partial charge is 0.372 e. The molecule has 4 atom stereocenters. The molecule has 1 aliphatic rings. The van der Waals surface area contributed by atoms with E-state index in [1.165, 1.54) is 0 Å². The number of hydrogen-bond donors (Lipinski definition) is 1. The molecule has 2 nitrogen and oxygen atoms in total. The molecule has 0 aromatic heterocycles. The lowest BCUT2D eigenvalue weighted by Gasteiger charge is -2.37. The number of morpholine rings is 1. The van der Waals surface area contributed by atoms with Gasteiger partial charge in [0.05, 0.1) is 12.2 Å². The molecule has 1 aliphatic heterocycles. The lowest BCUT2D eigenvalue weighted by molar-refractivity contribution is -0.0620. The summed E-state index contributed by atoms with van der Waals surface area (Å²) < 4.78 is 5.65. The van der Waals surface area contributed by atoms with E-state index in [-0.39, 0.29) is 0 Å². The molecule has 1 rings (SSSR count). The van der Waals surface area contributed by atoms with Crippen LogP contribution in [-0.2, 0) is 4.74 Å². The van der Waals surface area contributed by atoms with Crippen LogP contribution in [0.3, 0.4) is 0 Å². The van der Waals surface area contributed by atoms with Crippen LogP contribution in [0, 0.1) is 0 Å². The van der Waals surface area contributed by atoms with Gasteiger partial charge in [-0.1, -0.05) is 13.8 Å². The zero-order valence-electron chi connectivity index (χ0n) is 9.22. The first-order valence-electron chi connectivity index (χ1n) is 5.02. The van der Waals surface area contributed by atoms with Gasteiger partial charge in [-0.15, -0.1) is 0 Å². The first kappa shape index (κ1) is 11.9. The maximum atomic E-state index is 5.65. The molecule has 0 aliphatic carbocycles. The molecule has 1 saturated heterocycles. The molecule has 0 bridgehead atoms. The van der Waals surface area contributed by atoms with Crippen molar-refractivity contribution in [1.82, 2.24) is 5.32 Å². The van der Waals surface area contributed by atoms with Crippen molar-refractivity contribution in [1.29, 1.82) is 0 Å². The Morgan fingerprint density at radius 1 is 0.833 bits per heavy atom. The van der Waals surface area contributed by atoms with Gasteiger partial charge in [-0.3, -0.25) is 0 Å². The Hall–Kier alpha value is -0.0800. The minimum atomic E-state index is 0.353. The van der Waals surface area contributed by atoms with E-state index in [4.69, 9.17) is 4.74 Å². The Labute approximate surface area is 76.7 Å². The summed E-state index contributed by atoms with van der Waals surface area (Å²) in [7, 11) is 0. The predicted molar refractivity (Wildman–Crippen MR) is 53.4 cm³/mol. The summed E-state index contributed by atoms with van der Waals surface area (Å²) in [5.74, 6) is 0. The molecular formula is C10H23NO. The summed E-state index contributed by atoms with van der Waals surface area (Å²) in [6.07, 6.45) is 0.706. The molecule has 0 radical (unpaired) electrons. The molecule has 12 heavy (non-hydrogen) atoms. The fourth-order valence-corrected chi connectivity index (χ4v) is 1.26. The summed E-state index contributed by atoms with van der Waals surface area (Å²) >= 11 is 0. The van der Waals surface area contributed by atoms with Crippen LogP contribution in [0.2, 0.25) is 0 Å². The molecule has 0 spiro atoms. The van der Waals surface area contributed by atoms with E-state index in [0.717, 1.165) is 0 Å². The maximum absolute atomic E-state index is 5.65. The number of ether oxygens (including phenoxy) is 1. The maximum Gasteiger partial charge on any atom is 0.0701 e. The molecule has 74 valence electrons. The molecule has 0 aromatic rings. The first-order valence-corrected chi connectivity index (χ1v) is 5.02. The SMILES string of the molecule is CC.CC1NC(C)C(C)OC1C. The van der Waals surface area contributed by atoms with Gasteiger partial charge in [0.2, 0.25) is 0 Å². The average Bonchev–Trinajstić information content (AvgIpc) is 2.05. The molecule has 1 fully saturated rings. The summed E-state index contributed by atoms with van der Waals surface area (Å²) in [5, 5.41) is 3.45. The predicted octanol–water partition coefficient (Wildman–Crippen LogP) is 2.19. The second kappa shape index (κ2) is 5.55. The van der Waals surface area contributed by atoms with Crippen molar-refractivity contribution < 1.29 is 4.74 Å². The number of nitrogens with one attached hydrogen (secondary N) is 1. The third-order valence-electron chi connectivity index (χ3n) is 2.36. The molecule has 0 aromatic carbocycles. The van der Waals surface area contributed by atoms with Gasteiger partial charge in [-0.05, 0) is 27.7 Å². The Morgan fingerprint density at radius 2 is 1.17 bits per heavy atom. The summed E-state index contributed by atoms with van der Waals surface area (Å²) in [4.78, 5) is 0. The minimum absolute atomic E-state index is 0.353. The van der Waals surface area contributed by atoms with Gasteiger partial charge in [0.25, 0.3) is 0 Å². The Kier molecular flexibility index (Phi) is 5.51. The topological polar surface area (TPSA) is 21.3 Å². The average molecular weight is 173 g/mol. The van der Waals surface area contributed by atoms with E-state index in [2.05, 4.69) is 33.0 Å². The lowest BCUT2D eigenvalue weighted by atomic mass is 10.1. The Morgan fingerprint density at radius 3 is 1.42 bits per heavy atom.